The van der Waals surface area contributed by atoms with Crippen molar-refractivity contribution in [2.24, 2.45) is 17.6 Å². The molecule has 3 heteroatoms. The molecule has 70 valence electrons. The van der Waals surface area contributed by atoms with Gasteiger partial charge in [-0.3, -0.25) is 4.79 Å². The Balaban J connectivity index is 3.03. The Bertz CT molecular complexity index is 340. The summed E-state index contributed by atoms with van der Waals surface area (Å²) in [6.45, 7) is -2.22. The fourth-order valence-electron chi connectivity index (χ4n) is 1.33. The van der Waals surface area contributed by atoms with E-state index in [-0.39, 0.29) is 6.42 Å². The van der Waals surface area contributed by atoms with Crippen LogP contribution in [0.3, 0.4) is 0 Å². The topological polar surface area (TPSA) is 63.3 Å². The molecule has 0 aliphatic heterocycles. The van der Waals surface area contributed by atoms with Crippen LogP contribution in [0.5, 0.6) is 0 Å². The molecule has 0 bridgehead atoms. The summed E-state index contributed by atoms with van der Waals surface area (Å²) >= 11 is 0. The van der Waals surface area contributed by atoms with Gasteiger partial charge in [0.1, 0.15) is 0 Å². The zero-order valence-electron chi connectivity index (χ0n) is 12.7. The van der Waals surface area contributed by atoms with Crippen molar-refractivity contribution in [1.29, 1.82) is 0 Å². The van der Waals surface area contributed by atoms with E-state index < -0.39 is 49.9 Å². The Hall–Kier alpha value is -0.570. The van der Waals surface area contributed by atoms with E-state index in [0.29, 0.717) is 0 Å². The number of carbonyl (C=O) groups is 1. The summed E-state index contributed by atoms with van der Waals surface area (Å²) in [7, 11) is 0. The number of hydrogen-bond acceptors (Lipinski definition) is 2. The highest BCUT2D eigenvalue weighted by Gasteiger charge is 2.25. The standard InChI is InChI=1S/C9H17NO2/c10-6-8-4-2-1-3-7(8)5-9(11)12/h7-8H,1-6,10H2,(H,11,12)/i1D2,2D2,6D2. The molecule has 2 atom stereocenters. The molecule has 0 heterocycles. The second-order valence-electron chi connectivity index (χ2n) is 2.89. The van der Waals surface area contributed by atoms with Gasteiger partial charge in [0.15, 0.2) is 0 Å². The lowest BCUT2D eigenvalue weighted by Gasteiger charge is -2.29. The first kappa shape index (κ1) is 4.09. The third-order valence-corrected chi connectivity index (χ3v) is 2.03. The molecule has 0 radical (unpaired) electrons. The molecule has 1 rings (SSSR count). The second-order valence-corrected chi connectivity index (χ2v) is 2.89. The Labute approximate surface area is 81.4 Å². The minimum atomic E-state index is -2.22. The highest BCUT2D eigenvalue weighted by Crippen LogP contribution is 2.31. The van der Waals surface area contributed by atoms with E-state index in [2.05, 4.69) is 0 Å². The first-order valence-corrected chi connectivity index (χ1v) is 3.87. The highest BCUT2D eigenvalue weighted by atomic mass is 16.4. The van der Waals surface area contributed by atoms with Crippen LogP contribution in [-0.4, -0.2) is 17.6 Å². The lowest BCUT2D eigenvalue weighted by atomic mass is 9.77. The molecule has 0 saturated heterocycles. The normalized spacial score (nSPS) is 47.1. The molecule has 0 amide bonds. The summed E-state index contributed by atoms with van der Waals surface area (Å²) in [5, 5.41) is 8.77. The number of aliphatic carboxylic acids is 1. The van der Waals surface area contributed by atoms with Gasteiger partial charge in [-0.2, -0.15) is 0 Å². The van der Waals surface area contributed by atoms with Crippen LogP contribution >= 0.6 is 0 Å². The summed E-state index contributed by atoms with van der Waals surface area (Å²) in [6.07, 6.45) is -5.54. The number of rotatable bonds is 3. The molecule has 3 N–H and O–H groups in total. The van der Waals surface area contributed by atoms with Crippen molar-refractivity contribution in [2.75, 3.05) is 6.50 Å². The fourth-order valence-corrected chi connectivity index (χ4v) is 1.33. The fraction of sp³-hybridized carbons (Fsp3) is 0.889. The third kappa shape index (κ3) is 2.48. The Morgan fingerprint density at radius 1 is 1.58 bits per heavy atom. The third-order valence-electron chi connectivity index (χ3n) is 2.03. The van der Waals surface area contributed by atoms with Gasteiger partial charge in [-0.25, -0.2) is 0 Å². The summed E-state index contributed by atoms with van der Waals surface area (Å²) in [4.78, 5) is 10.7. The van der Waals surface area contributed by atoms with E-state index in [1.165, 1.54) is 0 Å². The molecular weight excluding hydrogens is 154 g/mol. The van der Waals surface area contributed by atoms with Crippen LogP contribution in [0.25, 0.3) is 0 Å². The second kappa shape index (κ2) is 4.45. The maximum absolute atomic E-state index is 10.7. The van der Waals surface area contributed by atoms with Gasteiger partial charge in [0, 0.05) is 14.6 Å². The van der Waals surface area contributed by atoms with Crippen molar-refractivity contribution in [3.05, 3.63) is 0 Å². The van der Waals surface area contributed by atoms with Gasteiger partial charge < -0.3 is 10.8 Å². The molecule has 2 unspecified atom stereocenters. The first-order chi connectivity index (χ1) is 7.87. The summed E-state index contributed by atoms with van der Waals surface area (Å²) in [5.74, 6) is -2.97. The van der Waals surface area contributed by atoms with Gasteiger partial charge in [0.25, 0.3) is 0 Å². The van der Waals surface area contributed by atoms with Gasteiger partial charge in [0.05, 0.1) is 0 Å². The van der Waals surface area contributed by atoms with Crippen LogP contribution in [-0.2, 0) is 4.79 Å². The predicted molar refractivity (Wildman–Crippen MR) is 46.8 cm³/mol. The number of nitrogens with two attached hydrogens (primary N) is 1. The Morgan fingerprint density at radius 2 is 2.17 bits per heavy atom. The summed E-state index contributed by atoms with van der Waals surface area (Å²) in [6, 6.07) is 0. The van der Waals surface area contributed by atoms with E-state index in [4.69, 9.17) is 19.1 Å². The van der Waals surface area contributed by atoms with Gasteiger partial charge >= 0.3 is 5.97 Å². The molecule has 0 aromatic carbocycles. The maximum Gasteiger partial charge on any atom is 0.303 e. The molecule has 1 aliphatic rings. The van der Waals surface area contributed by atoms with Crippen LogP contribution in [0.4, 0.5) is 0 Å². The summed E-state index contributed by atoms with van der Waals surface area (Å²) < 4.78 is 45.5. The van der Waals surface area contributed by atoms with Gasteiger partial charge in [-0.1, -0.05) is 12.7 Å². The zero-order chi connectivity index (χ0) is 14.4. The van der Waals surface area contributed by atoms with E-state index in [1.807, 2.05) is 0 Å². The van der Waals surface area contributed by atoms with Gasteiger partial charge in [-0.05, 0) is 31.2 Å². The number of hydrogen-bond donors (Lipinski definition) is 2. The molecule has 1 saturated carbocycles. The average molecular weight is 177 g/mol. The lowest BCUT2D eigenvalue weighted by Crippen LogP contribution is -2.28. The van der Waals surface area contributed by atoms with E-state index >= 15 is 0 Å². The van der Waals surface area contributed by atoms with E-state index in [1.54, 1.807) is 0 Å². The molecule has 0 aromatic rings. The SMILES string of the molecule is [2H]C([2H])(N)C1CC([2H])([2H])C([2H])([2H])CC1CC(=O)O. The van der Waals surface area contributed by atoms with Crippen LogP contribution < -0.4 is 5.73 Å². The van der Waals surface area contributed by atoms with Crippen molar-refractivity contribution in [1.82, 2.24) is 0 Å². The average Bonchev–Trinajstić information content (AvgIpc) is 2.07. The molecule has 1 aliphatic carbocycles. The number of carboxylic acids is 1. The largest absolute Gasteiger partial charge is 0.481 e. The van der Waals surface area contributed by atoms with E-state index in [9.17, 15) is 4.79 Å². The van der Waals surface area contributed by atoms with Crippen LogP contribution in [0, 0.1) is 11.8 Å². The van der Waals surface area contributed by atoms with Crippen LogP contribution in [0.2, 0.25) is 0 Å². The lowest BCUT2D eigenvalue weighted by molar-refractivity contribution is -0.138. The van der Waals surface area contributed by atoms with Crippen LogP contribution in [0.15, 0.2) is 0 Å². The van der Waals surface area contributed by atoms with Crippen molar-refractivity contribution in [3.63, 3.8) is 0 Å². The summed E-state index contributed by atoms with van der Waals surface area (Å²) in [5.41, 5.74) is 5.34. The Morgan fingerprint density at radius 3 is 2.67 bits per heavy atom. The van der Waals surface area contributed by atoms with Crippen molar-refractivity contribution < 1.29 is 18.1 Å². The quantitative estimate of drug-likeness (QED) is 0.681. The molecule has 0 aromatic heterocycles. The van der Waals surface area contributed by atoms with Crippen LogP contribution in [0.1, 0.15) is 40.2 Å². The van der Waals surface area contributed by atoms with Crippen molar-refractivity contribution in [3.8, 4) is 0 Å². The molecular formula is C9H17NO2. The van der Waals surface area contributed by atoms with Gasteiger partial charge in [-0.15, -0.1) is 0 Å². The van der Waals surface area contributed by atoms with Gasteiger partial charge in [0.2, 0.25) is 0 Å². The number of carboxylic acid groups (broad SMARTS) is 1. The monoisotopic (exact) mass is 177 g/mol. The molecule has 1 fully saturated rings. The maximum atomic E-state index is 10.7. The highest BCUT2D eigenvalue weighted by molar-refractivity contribution is 5.67. The molecule has 12 heavy (non-hydrogen) atoms. The molecule has 0 spiro atoms. The predicted octanol–water partition coefficient (Wildman–Crippen LogP) is 1.23. The Kier molecular flexibility index (Phi) is 1.52. The minimum absolute atomic E-state index is 0.340. The molecule has 3 nitrogen and oxygen atoms in total. The van der Waals surface area contributed by atoms with E-state index in [0.717, 1.165) is 0 Å². The zero-order valence-corrected chi connectivity index (χ0v) is 6.71. The van der Waals surface area contributed by atoms with Crippen molar-refractivity contribution >= 4 is 5.97 Å². The first-order valence-electron chi connectivity index (χ1n) is 6.87. The smallest absolute Gasteiger partial charge is 0.303 e. The van der Waals surface area contributed by atoms with Crippen molar-refractivity contribution in [2.45, 2.75) is 32.0 Å². The minimum Gasteiger partial charge on any atom is -0.481 e.